The van der Waals surface area contributed by atoms with Crippen LogP contribution in [0, 0.1) is 6.92 Å². The Balaban J connectivity index is 2.04. The van der Waals surface area contributed by atoms with Crippen molar-refractivity contribution in [3.8, 4) is 17.0 Å². The maximum absolute atomic E-state index is 10.9. The van der Waals surface area contributed by atoms with Gasteiger partial charge in [-0.25, -0.2) is 4.98 Å². The Morgan fingerprint density at radius 3 is 2.62 bits per heavy atom. The van der Waals surface area contributed by atoms with Crippen LogP contribution in [0.3, 0.4) is 0 Å². The van der Waals surface area contributed by atoms with Gasteiger partial charge in [-0.2, -0.15) is 0 Å². The van der Waals surface area contributed by atoms with Crippen molar-refractivity contribution in [3.05, 3.63) is 41.0 Å². The van der Waals surface area contributed by atoms with Gasteiger partial charge in [-0.05, 0) is 50.6 Å². The lowest BCUT2D eigenvalue weighted by molar-refractivity contribution is 0.111. The normalized spacial score (nSPS) is 11.2. The number of carbonyl (C=O) groups is 1. The van der Waals surface area contributed by atoms with E-state index in [0.717, 1.165) is 28.3 Å². The van der Waals surface area contributed by atoms with Crippen molar-refractivity contribution in [1.29, 1.82) is 0 Å². The van der Waals surface area contributed by atoms with Crippen LogP contribution in [0.5, 0.6) is 5.75 Å². The summed E-state index contributed by atoms with van der Waals surface area (Å²) in [6.45, 7) is 6.08. The molecule has 4 nitrogen and oxygen atoms in total. The Morgan fingerprint density at radius 2 is 2.00 bits per heavy atom. The third-order valence-corrected chi connectivity index (χ3v) is 4.10. The van der Waals surface area contributed by atoms with Crippen LogP contribution in [-0.4, -0.2) is 21.8 Å². The SMILES string of the molecule is Cc1sc2nc(C=O)cn2c1-c1ccc(OC(C)C)cc1. The number of fused-ring (bicyclic) bond motifs is 1. The molecule has 0 N–H and O–H groups in total. The van der Waals surface area contributed by atoms with Gasteiger partial charge >= 0.3 is 0 Å². The van der Waals surface area contributed by atoms with Gasteiger partial charge in [0.15, 0.2) is 11.2 Å². The van der Waals surface area contributed by atoms with Crippen LogP contribution < -0.4 is 4.74 Å². The average Bonchev–Trinajstić information content (AvgIpc) is 2.95. The second-order valence-corrected chi connectivity index (χ2v) is 6.32. The minimum atomic E-state index is 0.161. The fraction of sp³-hybridized carbons (Fsp3) is 0.250. The summed E-state index contributed by atoms with van der Waals surface area (Å²) in [4.78, 5) is 17.2. The highest BCUT2D eigenvalue weighted by atomic mass is 32.1. The highest BCUT2D eigenvalue weighted by Gasteiger charge is 2.13. The molecule has 0 atom stereocenters. The predicted octanol–water partition coefficient (Wildman–Crippen LogP) is 3.97. The fourth-order valence-corrected chi connectivity index (χ4v) is 3.31. The number of hydrogen-bond donors (Lipinski definition) is 0. The van der Waals surface area contributed by atoms with E-state index in [1.165, 1.54) is 4.88 Å². The van der Waals surface area contributed by atoms with E-state index in [2.05, 4.69) is 11.9 Å². The molecule has 1 aromatic carbocycles. The molecule has 2 aromatic heterocycles. The first kappa shape index (κ1) is 13.8. The second kappa shape index (κ2) is 5.33. The van der Waals surface area contributed by atoms with E-state index in [9.17, 15) is 4.79 Å². The molecule has 5 heteroatoms. The second-order valence-electron chi connectivity index (χ2n) is 5.13. The maximum Gasteiger partial charge on any atom is 0.195 e. The lowest BCUT2D eigenvalue weighted by Crippen LogP contribution is -2.05. The van der Waals surface area contributed by atoms with E-state index in [-0.39, 0.29) is 6.10 Å². The number of rotatable bonds is 4. The molecule has 0 unspecified atom stereocenters. The van der Waals surface area contributed by atoms with Crippen LogP contribution in [0.15, 0.2) is 30.5 Å². The third kappa shape index (κ3) is 2.56. The molecule has 0 aliphatic heterocycles. The highest BCUT2D eigenvalue weighted by Crippen LogP contribution is 2.32. The number of aromatic nitrogens is 2. The zero-order valence-corrected chi connectivity index (χ0v) is 13.0. The summed E-state index contributed by atoms with van der Waals surface area (Å²) < 4.78 is 7.64. The molecule has 2 heterocycles. The van der Waals surface area contributed by atoms with Crippen LogP contribution in [0.4, 0.5) is 0 Å². The summed E-state index contributed by atoms with van der Waals surface area (Å²) in [5, 5.41) is 0. The van der Waals surface area contributed by atoms with Crippen molar-refractivity contribution in [1.82, 2.24) is 9.38 Å². The molecule has 0 aliphatic carbocycles. The van der Waals surface area contributed by atoms with E-state index in [1.54, 1.807) is 17.5 Å². The van der Waals surface area contributed by atoms with E-state index < -0.39 is 0 Å². The van der Waals surface area contributed by atoms with Crippen LogP contribution >= 0.6 is 11.3 Å². The van der Waals surface area contributed by atoms with Crippen molar-refractivity contribution >= 4 is 22.6 Å². The molecule has 0 spiro atoms. The van der Waals surface area contributed by atoms with E-state index in [1.807, 2.05) is 42.5 Å². The van der Waals surface area contributed by atoms with Crippen molar-refractivity contribution in [2.45, 2.75) is 26.9 Å². The van der Waals surface area contributed by atoms with Gasteiger partial charge in [-0.1, -0.05) is 0 Å². The van der Waals surface area contributed by atoms with Crippen LogP contribution in [-0.2, 0) is 0 Å². The number of carbonyl (C=O) groups excluding carboxylic acids is 1. The number of benzene rings is 1. The minimum absolute atomic E-state index is 0.161. The molecule has 21 heavy (non-hydrogen) atoms. The fourth-order valence-electron chi connectivity index (χ4n) is 2.33. The molecular formula is C16H16N2O2S. The van der Waals surface area contributed by atoms with Gasteiger partial charge < -0.3 is 4.74 Å². The topological polar surface area (TPSA) is 43.6 Å². The monoisotopic (exact) mass is 300 g/mol. The number of ether oxygens (including phenoxy) is 1. The minimum Gasteiger partial charge on any atom is -0.491 e. The summed E-state index contributed by atoms with van der Waals surface area (Å²) in [6.07, 6.45) is 2.72. The summed E-state index contributed by atoms with van der Waals surface area (Å²) >= 11 is 1.59. The molecular weight excluding hydrogens is 284 g/mol. The first-order chi connectivity index (χ1) is 10.1. The van der Waals surface area contributed by atoms with Gasteiger partial charge in [0.05, 0.1) is 11.8 Å². The zero-order valence-electron chi connectivity index (χ0n) is 12.2. The summed E-state index contributed by atoms with van der Waals surface area (Å²) in [5.74, 6) is 0.858. The molecule has 0 saturated carbocycles. The largest absolute Gasteiger partial charge is 0.491 e. The first-order valence-corrected chi connectivity index (χ1v) is 7.61. The van der Waals surface area contributed by atoms with Crippen molar-refractivity contribution in [3.63, 3.8) is 0 Å². The Kier molecular flexibility index (Phi) is 3.51. The molecule has 0 bridgehead atoms. The lowest BCUT2D eigenvalue weighted by atomic mass is 10.1. The lowest BCUT2D eigenvalue weighted by Gasteiger charge is -2.10. The highest BCUT2D eigenvalue weighted by molar-refractivity contribution is 7.17. The average molecular weight is 300 g/mol. The molecule has 0 radical (unpaired) electrons. The molecule has 0 amide bonds. The number of hydrogen-bond acceptors (Lipinski definition) is 4. The Bertz CT molecular complexity index is 785. The third-order valence-electron chi connectivity index (χ3n) is 3.13. The first-order valence-electron chi connectivity index (χ1n) is 6.79. The number of aryl methyl sites for hydroxylation is 1. The number of nitrogens with zero attached hydrogens (tertiary/aromatic N) is 2. The van der Waals surface area contributed by atoms with Gasteiger partial charge in [-0.15, -0.1) is 11.3 Å². The molecule has 0 fully saturated rings. The van der Waals surface area contributed by atoms with Gasteiger partial charge in [0.2, 0.25) is 0 Å². The van der Waals surface area contributed by atoms with Gasteiger partial charge in [0.25, 0.3) is 0 Å². The maximum atomic E-state index is 10.9. The van der Waals surface area contributed by atoms with E-state index >= 15 is 0 Å². The summed E-state index contributed by atoms with van der Waals surface area (Å²) in [7, 11) is 0. The van der Waals surface area contributed by atoms with E-state index in [4.69, 9.17) is 4.74 Å². The summed E-state index contributed by atoms with van der Waals surface area (Å²) in [6, 6.07) is 8.01. The van der Waals surface area contributed by atoms with Crippen molar-refractivity contribution in [2.24, 2.45) is 0 Å². The molecule has 0 saturated heterocycles. The molecule has 3 aromatic rings. The van der Waals surface area contributed by atoms with Gasteiger partial charge in [-0.3, -0.25) is 9.20 Å². The molecule has 3 rings (SSSR count). The van der Waals surface area contributed by atoms with Crippen molar-refractivity contribution in [2.75, 3.05) is 0 Å². The standard InChI is InChI=1S/C16H16N2O2S/c1-10(2)20-14-6-4-12(5-7-14)15-11(3)21-16-17-13(9-19)8-18(15)16/h4-10H,1-3H3. The van der Waals surface area contributed by atoms with Crippen molar-refractivity contribution < 1.29 is 9.53 Å². The quantitative estimate of drug-likeness (QED) is 0.685. The number of thiazole rings is 1. The smallest absolute Gasteiger partial charge is 0.195 e. The van der Waals surface area contributed by atoms with Gasteiger partial charge in [0, 0.05) is 11.1 Å². The van der Waals surface area contributed by atoms with Crippen LogP contribution in [0.25, 0.3) is 16.2 Å². The zero-order chi connectivity index (χ0) is 15.0. The van der Waals surface area contributed by atoms with Gasteiger partial charge in [0.1, 0.15) is 11.4 Å². The predicted molar refractivity (Wildman–Crippen MR) is 84.4 cm³/mol. The molecule has 108 valence electrons. The summed E-state index contributed by atoms with van der Waals surface area (Å²) in [5.41, 5.74) is 2.62. The Morgan fingerprint density at radius 1 is 1.29 bits per heavy atom. The number of imidazole rings is 1. The Labute approximate surface area is 127 Å². The Hall–Kier alpha value is -2.14. The van der Waals surface area contributed by atoms with Crippen LogP contribution in [0.1, 0.15) is 29.2 Å². The van der Waals surface area contributed by atoms with Crippen LogP contribution in [0.2, 0.25) is 0 Å². The number of aldehydes is 1. The molecule has 0 aliphatic rings. The van der Waals surface area contributed by atoms with E-state index in [0.29, 0.717) is 5.69 Å².